The highest BCUT2D eigenvalue weighted by Gasteiger charge is 2.09. The maximum atomic E-state index is 10.6. The molecule has 0 unspecified atom stereocenters. The Morgan fingerprint density at radius 1 is 1.11 bits per heavy atom. The number of rotatable bonds is 4. The highest BCUT2D eigenvalue weighted by molar-refractivity contribution is 7.81. The van der Waals surface area contributed by atoms with Crippen LogP contribution in [0.3, 0.4) is 0 Å². The number of likely N-dealkylation sites (N-methyl/N-ethyl adjacent to an activating group) is 1. The van der Waals surface area contributed by atoms with Gasteiger partial charge in [-0.25, -0.2) is 0 Å². The molecule has 0 fully saturated rings. The minimum atomic E-state index is -4.16. The first-order valence-corrected chi connectivity index (χ1v) is 9.91. The number of hydrogen-bond donors (Lipinski definition) is 2. The fraction of sp³-hybridized carbons (Fsp3) is 0.286. The Bertz CT molecular complexity index is 891. The van der Waals surface area contributed by atoms with Crippen LogP contribution < -0.4 is 0 Å². The highest BCUT2D eigenvalue weighted by Crippen LogP contribution is 2.22. The zero-order valence-corrected chi connectivity index (χ0v) is 16.8. The van der Waals surface area contributed by atoms with Crippen molar-refractivity contribution < 1.29 is 39.2 Å². The van der Waals surface area contributed by atoms with Crippen LogP contribution in [0.2, 0.25) is 0 Å². The van der Waals surface area contributed by atoms with Crippen LogP contribution in [0, 0.1) is 10.1 Å². The Kier molecular flexibility index (Phi) is 10.5. The van der Waals surface area contributed by atoms with Crippen molar-refractivity contribution in [2.45, 2.75) is 0 Å². The fourth-order valence-electron chi connectivity index (χ4n) is 1.59. The van der Waals surface area contributed by atoms with Crippen LogP contribution in [-0.4, -0.2) is 63.6 Å². The van der Waals surface area contributed by atoms with Gasteiger partial charge in [0, 0.05) is 25.7 Å². The Hall–Kier alpha value is -2.36. The number of nitro benzene ring substituents is 1. The fourth-order valence-corrected chi connectivity index (χ4v) is 1.59. The van der Waals surface area contributed by atoms with Crippen molar-refractivity contribution in [2.24, 2.45) is 0 Å². The Morgan fingerprint density at radius 3 is 1.96 bits per heavy atom. The summed E-state index contributed by atoms with van der Waals surface area (Å²) in [6.07, 6.45) is 5.98. The average molecular weight is 440 g/mol. The standard InChI is InChI=1S/C12H12N2O2.2CH4O4S/c1-13-7-5-10(6-8-13)11-3-2-4-12(9-11)14(15)16;2*1-5-6(2,3)4/h2-7,9H,8H2,1H3;2*1H3,(H,2,3,4). The number of benzene rings is 1. The lowest BCUT2D eigenvalue weighted by atomic mass is 10.0. The van der Waals surface area contributed by atoms with E-state index in [1.165, 1.54) is 6.07 Å². The minimum absolute atomic E-state index is 0.130. The lowest BCUT2D eigenvalue weighted by Crippen LogP contribution is -2.13. The molecule has 0 radical (unpaired) electrons. The van der Waals surface area contributed by atoms with Crippen LogP contribution in [0.15, 0.2) is 42.6 Å². The van der Waals surface area contributed by atoms with Gasteiger partial charge in [-0.05, 0) is 23.4 Å². The molecule has 14 heteroatoms. The zero-order valence-electron chi connectivity index (χ0n) is 15.1. The normalized spacial score (nSPS) is 13.5. The SMILES string of the molecule is CN1C=CC(c2cccc([N+](=O)[O-])c2)=CC1.COS(=O)(=O)O.COS(=O)(=O)O. The molecule has 2 rings (SSSR count). The van der Waals surface area contributed by atoms with Crippen molar-refractivity contribution in [3.8, 4) is 0 Å². The lowest BCUT2D eigenvalue weighted by molar-refractivity contribution is -0.384. The average Bonchev–Trinajstić information content (AvgIpc) is 2.62. The van der Waals surface area contributed by atoms with Gasteiger partial charge < -0.3 is 4.90 Å². The summed E-state index contributed by atoms with van der Waals surface area (Å²) in [6, 6.07) is 6.69. The van der Waals surface area contributed by atoms with E-state index in [0.29, 0.717) is 0 Å². The van der Waals surface area contributed by atoms with E-state index in [2.05, 4.69) is 14.4 Å². The van der Waals surface area contributed by atoms with Gasteiger partial charge in [0.1, 0.15) is 0 Å². The molecule has 1 aliphatic rings. The summed E-state index contributed by atoms with van der Waals surface area (Å²) in [6.45, 7) is 0.828. The van der Waals surface area contributed by atoms with E-state index >= 15 is 0 Å². The molecule has 0 bridgehead atoms. The van der Waals surface area contributed by atoms with Crippen molar-refractivity contribution in [2.75, 3.05) is 27.8 Å². The summed E-state index contributed by atoms with van der Waals surface area (Å²) >= 11 is 0. The van der Waals surface area contributed by atoms with E-state index in [-0.39, 0.29) is 10.6 Å². The molecule has 1 heterocycles. The Morgan fingerprint density at radius 2 is 1.61 bits per heavy atom. The first kappa shape index (κ1) is 25.6. The van der Waals surface area contributed by atoms with Crippen molar-refractivity contribution in [3.63, 3.8) is 0 Å². The van der Waals surface area contributed by atoms with E-state index in [0.717, 1.165) is 31.9 Å². The van der Waals surface area contributed by atoms with Crippen LogP contribution in [0.1, 0.15) is 5.56 Å². The van der Waals surface area contributed by atoms with Crippen molar-refractivity contribution in [1.82, 2.24) is 4.90 Å². The van der Waals surface area contributed by atoms with E-state index in [9.17, 15) is 26.9 Å². The first-order valence-electron chi connectivity index (χ1n) is 7.18. The highest BCUT2D eigenvalue weighted by atomic mass is 32.3. The molecule has 0 saturated carbocycles. The number of allylic oxidation sites excluding steroid dienone is 2. The van der Waals surface area contributed by atoms with Gasteiger partial charge in [0.05, 0.1) is 19.1 Å². The van der Waals surface area contributed by atoms with Crippen molar-refractivity contribution in [1.29, 1.82) is 0 Å². The van der Waals surface area contributed by atoms with E-state index in [1.54, 1.807) is 12.1 Å². The molecule has 0 aliphatic carbocycles. The summed E-state index contributed by atoms with van der Waals surface area (Å²) in [7, 11) is -4.60. The summed E-state index contributed by atoms with van der Waals surface area (Å²) in [5, 5.41) is 10.6. The molecule has 1 aliphatic heterocycles. The third-order valence-corrected chi connectivity index (χ3v) is 3.76. The molecule has 0 atom stereocenters. The Balaban J connectivity index is 0.000000505. The van der Waals surface area contributed by atoms with E-state index < -0.39 is 20.8 Å². The second-order valence-corrected chi connectivity index (χ2v) is 7.29. The molecule has 2 N–H and O–H groups in total. The summed E-state index contributed by atoms with van der Waals surface area (Å²) in [5.74, 6) is 0. The van der Waals surface area contributed by atoms with Crippen LogP contribution in [0.5, 0.6) is 0 Å². The minimum Gasteiger partial charge on any atom is -0.377 e. The topological polar surface area (TPSA) is 174 Å². The second kappa shape index (κ2) is 11.5. The van der Waals surface area contributed by atoms with Crippen molar-refractivity contribution in [3.05, 3.63) is 58.3 Å². The molecular formula is C14H20N2O10S2. The van der Waals surface area contributed by atoms with Gasteiger partial charge in [-0.2, -0.15) is 16.8 Å². The summed E-state index contributed by atoms with van der Waals surface area (Å²) < 4.78 is 59.4. The molecule has 158 valence electrons. The van der Waals surface area contributed by atoms with Crippen LogP contribution in [-0.2, 0) is 29.2 Å². The van der Waals surface area contributed by atoms with E-state index in [4.69, 9.17) is 9.11 Å². The monoisotopic (exact) mass is 440 g/mol. The number of hydrogen-bond acceptors (Lipinski definition) is 9. The van der Waals surface area contributed by atoms with Gasteiger partial charge in [-0.1, -0.05) is 18.2 Å². The molecule has 1 aromatic rings. The third-order valence-electron chi connectivity index (χ3n) is 2.92. The van der Waals surface area contributed by atoms with Gasteiger partial charge in [0.2, 0.25) is 0 Å². The maximum absolute atomic E-state index is 10.6. The van der Waals surface area contributed by atoms with Gasteiger partial charge in [0.15, 0.2) is 0 Å². The Labute approximate surface area is 162 Å². The molecule has 12 nitrogen and oxygen atoms in total. The summed E-state index contributed by atoms with van der Waals surface area (Å²) in [4.78, 5) is 12.3. The third kappa shape index (κ3) is 12.1. The first-order chi connectivity index (χ1) is 12.8. The molecule has 28 heavy (non-hydrogen) atoms. The van der Waals surface area contributed by atoms with Gasteiger partial charge >= 0.3 is 20.8 Å². The number of nitrogens with zero attached hydrogens (tertiary/aromatic N) is 2. The number of non-ortho nitro benzene ring substituents is 1. The molecule has 0 saturated heterocycles. The quantitative estimate of drug-likeness (QED) is 0.392. The van der Waals surface area contributed by atoms with E-state index in [1.807, 2.05) is 30.3 Å². The second-order valence-electron chi connectivity index (χ2n) is 4.91. The van der Waals surface area contributed by atoms with Crippen LogP contribution >= 0.6 is 0 Å². The predicted octanol–water partition coefficient (Wildman–Crippen LogP) is 1.31. The van der Waals surface area contributed by atoms with Crippen LogP contribution in [0.4, 0.5) is 5.69 Å². The molecule has 0 spiro atoms. The molecule has 1 aromatic carbocycles. The molecular weight excluding hydrogens is 420 g/mol. The predicted molar refractivity (Wildman–Crippen MR) is 100.0 cm³/mol. The van der Waals surface area contributed by atoms with Gasteiger partial charge in [-0.15, -0.1) is 0 Å². The van der Waals surface area contributed by atoms with Gasteiger partial charge in [0.25, 0.3) is 5.69 Å². The van der Waals surface area contributed by atoms with Crippen molar-refractivity contribution >= 4 is 32.1 Å². The van der Waals surface area contributed by atoms with Crippen LogP contribution in [0.25, 0.3) is 5.57 Å². The summed E-state index contributed by atoms with van der Waals surface area (Å²) in [5.41, 5.74) is 2.05. The largest absolute Gasteiger partial charge is 0.397 e. The smallest absolute Gasteiger partial charge is 0.377 e. The number of nitro groups is 1. The lowest BCUT2D eigenvalue weighted by Gasteiger charge is -2.17. The van der Waals surface area contributed by atoms with Gasteiger partial charge in [-0.3, -0.25) is 27.6 Å². The maximum Gasteiger partial charge on any atom is 0.397 e. The molecule has 0 amide bonds. The molecule has 0 aromatic heterocycles. The zero-order chi connectivity index (χ0) is 22.0.